The Hall–Kier alpha value is -2.86. The summed E-state index contributed by atoms with van der Waals surface area (Å²) in [6.45, 7) is 0. The van der Waals surface area contributed by atoms with E-state index in [-0.39, 0.29) is 0 Å². The van der Waals surface area contributed by atoms with Gasteiger partial charge < -0.3 is 0 Å². The van der Waals surface area contributed by atoms with Gasteiger partial charge in [-0.3, -0.25) is 0 Å². The van der Waals surface area contributed by atoms with Crippen molar-refractivity contribution in [2.45, 2.75) is 12.8 Å². The molecule has 4 aromatic rings. The highest BCUT2D eigenvalue weighted by atomic mass is 14.1. The molecule has 116 valence electrons. The minimum absolute atomic E-state index is 0.980. The molecule has 0 bridgehead atoms. The van der Waals surface area contributed by atoms with Crippen LogP contribution in [0, 0.1) is 0 Å². The first-order valence-corrected chi connectivity index (χ1v) is 8.47. The molecule has 0 spiro atoms. The molecule has 0 heteroatoms. The Kier molecular flexibility index (Phi) is 4.12. The van der Waals surface area contributed by atoms with Crippen LogP contribution in [0.1, 0.15) is 22.3 Å². The van der Waals surface area contributed by atoms with Crippen molar-refractivity contribution < 1.29 is 0 Å². The first-order valence-electron chi connectivity index (χ1n) is 8.47. The summed E-state index contributed by atoms with van der Waals surface area (Å²) in [6.07, 6.45) is 1.96. The monoisotopic (exact) mass is 308 g/mol. The van der Waals surface area contributed by atoms with Gasteiger partial charge in [0, 0.05) is 0 Å². The molecule has 4 rings (SSSR count). The SMILES string of the molecule is c1ccc(Cc2cc3ccccc3cc2Cc2ccccc2)cc1. The maximum Gasteiger partial charge on any atom is -0.00227 e. The molecule has 0 unspecified atom stereocenters. The van der Waals surface area contributed by atoms with Gasteiger partial charge in [0.1, 0.15) is 0 Å². The Morgan fingerprint density at radius 2 is 0.792 bits per heavy atom. The number of benzene rings is 4. The molecular weight excluding hydrogens is 288 g/mol. The van der Waals surface area contributed by atoms with E-state index in [1.165, 1.54) is 33.0 Å². The summed E-state index contributed by atoms with van der Waals surface area (Å²) in [7, 11) is 0. The van der Waals surface area contributed by atoms with E-state index in [9.17, 15) is 0 Å². The zero-order valence-corrected chi connectivity index (χ0v) is 13.7. The van der Waals surface area contributed by atoms with Crippen molar-refractivity contribution in [1.29, 1.82) is 0 Å². The predicted molar refractivity (Wildman–Crippen MR) is 102 cm³/mol. The average molecular weight is 308 g/mol. The van der Waals surface area contributed by atoms with Crippen LogP contribution in [-0.2, 0) is 12.8 Å². The van der Waals surface area contributed by atoms with Crippen LogP contribution >= 0.6 is 0 Å². The molecule has 0 fully saturated rings. The Labute approximate surface area is 143 Å². The highest BCUT2D eigenvalue weighted by Gasteiger charge is 2.07. The third-order valence-electron chi connectivity index (χ3n) is 4.54. The molecule has 0 amide bonds. The highest BCUT2D eigenvalue weighted by molar-refractivity contribution is 5.84. The van der Waals surface area contributed by atoms with Gasteiger partial charge in [0.05, 0.1) is 0 Å². The second-order valence-electron chi connectivity index (χ2n) is 6.29. The first kappa shape index (κ1) is 14.7. The quantitative estimate of drug-likeness (QED) is 0.432. The fraction of sp³-hybridized carbons (Fsp3) is 0.0833. The van der Waals surface area contributed by atoms with Crippen molar-refractivity contribution >= 4 is 10.8 Å². The normalized spacial score (nSPS) is 10.8. The second-order valence-corrected chi connectivity index (χ2v) is 6.29. The molecule has 0 heterocycles. The standard InChI is InChI=1S/C24H20/c1-3-9-19(10-4-1)15-23-17-21-13-7-8-14-22(21)18-24(23)16-20-11-5-2-6-12-20/h1-14,17-18H,15-16H2. The third kappa shape index (κ3) is 3.23. The average Bonchev–Trinajstić information content (AvgIpc) is 2.64. The van der Waals surface area contributed by atoms with Gasteiger partial charge in [-0.05, 0) is 45.9 Å². The summed E-state index contributed by atoms with van der Waals surface area (Å²) in [6, 6.07) is 34.8. The first-order chi connectivity index (χ1) is 11.9. The van der Waals surface area contributed by atoms with Gasteiger partial charge in [-0.25, -0.2) is 0 Å². The van der Waals surface area contributed by atoms with Crippen molar-refractivity contribution in [3.63, 3.8) is 0 Å². The van der Waals surface area contributed by atoms with E-state index in [0.717, 1.165) is 12.8 Å². The van der Waals surface area contributed by atoms with Crippen molar-refractivity contribution in [3.8, 4) is 0 Å². The molecule has 0 saturated heterocycles. The number of rotatable bonds is 4. The van der Waals surface area contributed by atoms with Gasteiger partial charge in [0.2, 0.25) is 0 Å². The molecule has 0 aromatic heterocycles. The van der Waals surface area contributed by atoms with Gasteiger partial charge in [0.25, 0.3) is 0 Å². The maximum absolute atomic E-state index is 2.36. The van der Waals surface area contributed by atoms with Crippen LogP contribution in [-0.4, -0.2) is 0 Å². The van der Waals surface area contributed by atoms with Crippen molar-refractivity contribution in [2.24, 2.45) is 0 Å². The molecule has 0 saturated carbocycles. The van der Waals surface area contributed by atoms with E-state index in [1.54, 1.807) is 0 Å². The van der Waals surface area contributed by atoms with Crippen molar-refractivity contribution in [1.82, 2.24) is 0 Å². The van der Waals surface area contributed by atoms with Gasteiger partial charge in [0.15, 0.2) is 0 Å². The lowest BCUT2D eigenvalue weighted by molar-refractivity contribution is 1.10. The number of hydrogen-bond acceptors (Lipinski definition) is 0. The van der Waals surface area contributed by atoms with Gasteiger partial charge in [-0.1, -0.05) is 97.1 Å². The van der Waals surface area contributed by atoms with Crippen LogP contribution in [0.3, 0.4) is 0 Å². The van der Waals surface area contributed by atoms with E-state index in [0.29, 0.717) is 0 Å². The summed E-state index contributed by atoms with van der Waals surface area (Å²) in [5.74, 6) is 0. The zero-order chi connectivity index (χ0) is 16.2. The highest BCUT2D eigenvalue weighted by Crippen LogP contribution is 2.24. The van der Waals surface area contributed by atoms with Crippen LogP contribution in [0.15, 0.2) is 97.1 Å². The van der Waals surface area contributed by atoms with Gasteiger partial charge in [-0.2, -0.15) is 0 Å². The smallest absolute Gasteiger partial charge is 0.00227 e. The summed E-state index contributed by atoms with van der Waals surface area (Å²) in [4.78, 5) is 0. The summed E-state index contributed by atoms with van der Waals surface area (Å²) < 4.78 is 0. The Morgan fingerprint density at radius 3 is 1.21 bits per heavy atom. The van der Waals surface area contributed by atoms with Gasteiger partial charge >= 0.3 is 0 Å². The largest absolute Gasteiger partial charge is 0.0622 e. The Balaban J connectivity index is 1.78. The molecular formula is C24H20. The zero-order valence-electron chi connectivity index (χ0n) is 13.7. The fourth-order valence-electron chi connectivity index (χ4n) is 3.30. The van der Waals surface area contributed by atoms with Crippen LogP contribution in [0.25, 0.3) is 10.8 Å². The fourth-order valence-corrected chi connectivity index (χ4v) is 3.30. The Morgan fingerprint density at radius 1 is 0.417 bits per heavy atom. The van der Waals surface area contributed by atoms with Crippen LogP contribution in [0.2, 0.25) is 0 Å². The van der Waals surface area contributed by atoms with Crippen molar-refractivity contribution in [3.05, 3.63) is 119 Å². The molecule has 0 N–H and O–H groups in total. The van der Waals surface area contributed by atoms with E-state index in [2.05, 4.69) is 97.1 Å². The number of hydrogen-bond donors (Lipinski definition) is 0. The molecule has 0 aliphatic carbocycles. The minimum atomic E-state index is 0.980. The summed E-state index contributed by atoms with van der Waals surface area (Å²) >= 11 is 0. The molecule has 0 nitrogen and oxygen atoms in total. The second kappa shape index (κ2) is 6.72. The molecule has 0 aliphatic heterocycles. The van der Waals surface area contributed by atoms with Crippen molar-refractivity contribution in [2.75, 3.05) is 0 Å². The van der Waals surface area contributed by atoms with Crippen LogP contribution < -0.4 is 0 Å². The molecule has 0 atom stereocenters. The molecule has 0 aliphatic rings. The maximum atomic E-state index is 2.36. The Bertz CT molecular complexity index is 857. The van der Waals surface area contributed by atoms with Crippen LogP contribution in [0.5, 0.6) is 0 Å². The molecule has 24 heavy (non-hydrogen) atoms. The summed E-state index contributed by atoms with van der Waals surface area (Å²) in [5, 5.41) is 2.64. The van der Waals surface area contributed by atoms with E-state index in [1.807, 2.05) is 0 Å². The van der Waals surface area contributed by atoms with E-state index < -0.39 is 0 Å². The molecule has 4 aromatic carbocycles. The lowest BCUT2D eigenvalue weighted by atomic mass is 9.92. The topological polar surface area (TPSA) is 0 Å². The lowest BCUT2D eigenvalue weighted by Crippen LogP contribution is -1.98. The third-order valence-corrected chi connectivity index (χ3v) is 4.54. The summed E-state index contributed by atoms with van der Waals surface area (Å²) in [5.41, 5.74) is 5.57. The van der Waals surface area contributed by atoms with E-state index in [4.69, 9.17) is 0 Å². The van der Waals surface area contributed by atoms with Crippen LogP contribution in [0.4, 0.5) is 0 Å². The van der Waals surface area contributed by atoms with Gasteiger partial charge in [-0.15, -0.1) is 0 Å². The minimum Gasteiger partial charge on any atom is -0.0622 e. The van der Waals surface area contributed by atoms with E-state index >= 15 is 0 Å². The number of fused-ring (bicyclic) bond motifs is 1. The molecule has 0 radical (unpaired) electrons. The predicted octanol–water partition coefficient (Wildman–Crippen LogP) is 6.02. The lowest BCUT2D eigenvalue weighted by Gasteiger charge is -2.12.